The number of carbonyl (C=O) groups is 1. The predicted octanol–water partition coefficient (Wildman–Crippen LogP) is 3.63. The first-order valence-electron chi connectivity index (χ1n) is 8.05. The second-order valence-corrected chi connectivity index (χ2v) is 5.92. The number of allylic oxidation sites excluding steroid dienone is 1. The summed E-state index contributed by atoms with van der Waals surface area (Å²) in [7, 11) is 1.39. The Bertz CT molecular complexity index is 1180. The van der Waals surface area contributed by atoms with Gasteiger partial charge in [0.05, 0.1) is 18.2 Å². The van der Waals surface area contributed by atoms with Crippen LogP contribution in [0.2, 0.25) is 0 Å². The zero-order valence-corrected chi connectivity index (χ0v) is 14.3. The Labute approximate surface area is 153 Å². The fourth-order valence-electron chi connectivity index (χ4n) is 3.01. The van der Waals surface area contributed by atoms with Gasteiger partial charge in [0, 0.05) is 17.7 Å². The van der Waals surface area contributed by atoms with E-state index in [-0.39, 0.29) is 33.6 Å². The smallest absolute Gasteiger partial charge is 0.231 e. The Morgan fingerprint density at radius 2 is 1.85 bits per heavy atom. The standard InChI is InChI=1S/C21H14O6/c1-11-20(23)13(10-26-11)18-16(25-2)9-17-19(21(18)24)14(22)8-15(27-17)12-6-4-3-5-7-12/h3-10,24H,1H2,2H3. The normalized spacial score (nSPS) is 13.6. The number of hydrogen-bond acceptors (Lipinski definition) is 6. The highest BCUT2D eigenvalue weighted by Crippen LogP contribution is 2.42. The molecular weight excluding hydrogens is 348 g/mol. The minimum absolute atomic E-state index is 0.0447. The van der Waals surface area contributed by atoms with Crippen molar-refractivity contribution in [2.45, 2.75) is 0 Å². The quantitative estimate of drug-likeness (QED) is 0.716. The van der Waals surface area contributed by atoms with Crippen LogP contribution in [0.1, 0.15) is 5.56 Å². The van der Waals surface area contributed by atoms with Gasteiger partial charge < -0.3 is 19.0 Å². The Hall–Kier alpha value is -3.80. The van der Waals surface area contributed by atoms with Crippen LogP contribution in [0.5, 0.6) is 11.5 Å². The Morgan fingerprint density at radius 1 is 1.11 bits per heavy atom. The first kappa shape index (κ1) is 16.7. The van der Waals surface area contributed by atoms with Crippen molar-refractivity contribution in [1.82, 2.24) is 0 Å². The highest BCUT2D eigenvalue weighted by molar-refractivity contribution is 6.30. The number of phenolic OH excluding ortho intramolecular Hbond substituents is 1. The zero-order valence-electron chi connectivity index (χ0n) is 14.3. The summed E-state index contributed by atoms with van der Waals surface area (Å²) in [5.74, 6) is -0.441. The van der Waals surface area contributed by atoms with Crippen molar-refractivity contribution in [1.29, 1.82) is 0 Å². The van der Waals surface area contributed by atoms with Crippen molar-refractivity contribution in [3.63, 3.8) is 0 Å². The van der Waals surface area contributed by atoms with Gasteiger partial charge in [0.2, 0.25) is 5.78 Å². The molecule has 2 heterocycles. The molecule has 1 aromatic heterocycles. The molecule has 0 aliphatic carbocycles. The number of carbonyl (C=O) groups excluding carboxylic acids is 1. The molecule has 6 nitrogen and oxygen atoms in total. The van der Waals surface area contributed by atoms with E-state index in [2.05, 4.69) is 6.58 Å². The average Bonchev–Trinajstić information content (AvgIpc) is 3.00. The number of rotatable bonds is 3. The van der Waals surface area contributed by atoms with E-state index < -0.39 is 17.0 Å². The summed E-state index contributed by atoms with van der Waals surface area (Å²) in [6.45, 7) is 3.49. The molecule has 3 aromatic rings. The highest BCUT2D eigenvalue weighted by Gasteiger charge is 2.30. The molecule has 134 valence electrons. The topological polar surface area (TPSA) is 86.0 Å². The molecule has 6 heteroatoms. The number of benzene rings is 2. The van der Waals surface area contributed by atoms with Crippen LogP contribution in [-0.2, 0) is 9.53 Å². The van der Waals surface area contributed by atoms with Crippen molar-refractivity contribution < 1.29 is 23.8 Å². The van der Waals surface area contributed by atoms with Gasteiger partial charge in [-0.3, -0.25) is 9.59 Å². The second kappa shape index (κ2) is 6.17. The number of ether oxygens (including phenoxy) is 2. The molecule has 0 spiro atoms. The maximum absolute atomic E-state index is 12.7. The molecule has 1 N–H and O–H groups in total. The van der Waals surface area contributed by atoms with Crippen LogP contribution >= 0.6 is 0 Å². The maximum Gasteiger partial charge on any atom is 0.231 e. The molecule has 1 aliphatic heterocycles. The molecule has 0 fully saturated rings. The molecule has 0 radical (unpaired) electrons. The molecule has 0 atom stereocenters. The number of hydrogen-bond donors (Lipinski definition) is 1. The minimum Gasteiger partial charge on any atom is -0.506 e. The molecule has 0 saturated carbocycles. The molecule has 0 saturated heterocycles. The fraction of sp³-hybridized carbons (Fsp3) is 0.0476. The summed E-state index contributed by atoms with van der Waals surface area (Å²) in [6.07, 6.45) is 1.17. The van der Waals surface area contributed by atoms with Gasteiger partial charge in [0.25, 0.3) is 0 Å². The lowest BCUT2D eigenvalue weighted by Crippen LogP contribution is -2.06. The van der Waals surface area contributed by atoms with Crippen molar-refractivity contribution in [3.05, 3.63) is 76.9 Å². The number of fused-ring (bicyclic) bond motifs is 1. The van der Waals surface area contributed by atoms with Crippen molar-refractivity contribution in [2.75, 3.05) is 7.11 Å². The van der Waals surface area contributed by atoms with E-state index in [1.165, 1.54) is 25.5 Å². The Balaban J connectivity index is 2.00. The molecule has 0 unspecified atom stereocenters. The van der Waals surface area contributed by atoms with Gasteiger partial charge in [-0.15, -0.1) is 0 Å². The highest BCUT2D eigenvalue weighted by atomic mass is 16.5. The van der Waals surface area contributed by atoms with Crippen LogP contribution in [0.15, 0.2) is 70.3 Å². The zero-order chi connectivity index (χ0) is 19.1. The maximum atomic E-state index is 12.7. The van der Waals surface area contributed by atoms with Gasteiger partial charge in [-0.25, -0.2) is 0 Å². The molecule has 27 heavy (non-hydrogen) atoms. The van der Waals surface area contributed by atoms with Crippen LogP contribution in [-0.4, -0.2) is 18.0 Å². The number of Topliss-reactive ketones (excluding diaryl/α,β-unsaturated/α-hetero) is 1. The third-order valence-corrected chi connectivity index (χ3v) is 4.32. The molecule has 2 aromatic carbocycles. The average molecular weight is 362 g/mol. The van der Waals surface area contributed by atoms with Crippen molar-refractivity contribution >= 4 is 22.3 Å². The van der Waals surface area contributed by atoms with E-state index >= 15 is 0 Å². The lowest BCUT2D eigenvalue weighted by atomic mass is 9.98. The van der Waals surface area contributed by atoms with Crippen LogP contribution in [0, 0.1) is 0 Å². The fourth-order valence-corrected chi connectivity index (χ4v) is 3.01. The van der Waals surface area contributed by atoms with Crippen LogP contribution in [0.3, 0.4) is 0 Å². The number of aromatic hydroxyl groups is 1. The van der Waals surface area contributed by atoms with Gasteiger partial charge in [-0.1, -0.05) is 36.9 Å². The SMILES string of the molecule is C=C1OC=C(c2c(OC)cc3oc(-c4ccccc4)cc(=O)c3c2O)C1=O. The van der Waals surface area contributed by atoms with E-state index in [0.717, 1.165) is 5.56 Å². The van der Waals surface area contributed by atoms with Crippen LogP contribution in [0.4, 0.5) is 0 Å². The van der Waals surface area contributed by atoms with E-state index in [9.17, 15) is 14.7 Å². The first-order chi connectivity index (χ1) is 13.0. The van der Waals surface area contributed by atoms with E-state index in [1.807, 2.05) is 18.2 Å². The second-order valence-electron chi connectivity index (χ2n) is 5.92. The third-order valence-electron chi connectivity index (χ3n) is 4.32. The number of methoxy groups -OCH3 is 1. The molecule has 1 aliphatic rings. The molecule has 4 rings (SSSR count). The van der Waals surface area contributed by atoms with Gasteiger partial charge in [0.1, 0.15) is 34.5 Å². The molecule has 0 bridgehead atoms. The summed E-state index contributed by atoms with van der Waals surface area (Å²) < 4.78 is 16.2. The van der Waals surface area contributed by atoms with Crippen LogP contribution < -0.4 is 10.2 Å². The predicted molar refractivity (Wildman–Crippen MR) is 99.3 cm³/mol. The third kappa shape index (κ3) is 2.58. The monoisotopic (exact) mass is 362 g/mol. The summed E-state index contributed by atoms with van der Waals surface area (Å²) >= 11 is 0. The first-order valence-corrected chi connectivity index (χ1v) is 8.05. The molecular formula is C21H14O6. The summed E-state index contributed by atoms with van der Waals surface area (Å²) in [4.78, 5) is 24.9. The van der Waals surface area contributed by atoms with E-state index in [0.29, 0.717) is 5.76 Å². The van der Waals surface area contributed by atoms with E-state index in [4.69, 9.17) is 13.9 Å². The summed E-state index contributed by atoms with van der Waals surface area (Å²) in [6, 6.07) is 11.9. The van der Waals surface area contributed by atoms with Gasteiger partial charge in [0.15, 0.2) is 11.2 Å². The lowest BCUT2D eigenvalue weighted by Gasteiger charge is -2.13. The van der Waals surface area contributed by atoms with Gasteiger partial charge >= 0.3 is 0 Å². The summed E-state index contributed by atoms with van der Waals surface area (Å²) in [5.41, 5.74) is 0.543. The minimum atomic E-state index is -0.492. The largest absolute Gasteiger partial charge is 0.506 e. The van der Waals surface area contributed by atoms with Gasteiger partial charge in [-0.05, 0) is 0 Å². The Morgan fingerprint density at radius 3 is 2.48 bits per heavy atom. The summed E-state index contributed by atoms with van der Waals surface area (Å²) in [5, 5.41) is 10.7. The molecule has 0 amide bonds. The van der Waals surface area contributed by atoms with Crippen molar-refractivity contribution in [2.24, 2.45) is 0 Å². The Kier molecular flexibility index (Phi) is 3.81. The van der Waals surface area contributed by atoms with Gasteiger partial charge in [-0.2, -0.15) is 0 Å². The lowest BCUT2D eigenvalue weighted by molar-refractivity contribution is -0.111. The van der Waals surface area contributed by atoms with E-state index in [1.54, 1.807) is 12.1 Å². The number of ketones is 1. The van der Waals surface area contributed by atoms with Crippen molar-refractivity contribution in [3.8, 4) is 22.8 Å². The number of phenols is 1. The van der Waals surface area contributed by atoms with Crippen LogP contribution in [0.25, 0.3) is 27.9 Å².